The molecule has 5 rings (SSSR count). The molecular weight excluding hydrogens is 428 g/mol. The number of anilines is 1. The SMILES string of the molecule is C[C@H](Nc1ncnc2c1C(=O)C=CC2)c1nc2ccc(F)cc2c(=O)n1-c1cccc(F)c1. The molecule has 0 saturated carbocycles. The van der Waals surface area contributed by atoms with Crippen LogP contribution in [0.15, 0.2) is 65.7 Å². The van der Waals surface area contributed by atoms with Crippen molar-refractivity contribution in [1.29, 1.82) is 0 Å². The minimum atomic E-state index is -0.631. The molecule has 1 atom stereocenters. The van der Waals surface area contributed by atoms with Gasteiger partial charge < -0.3 is 5.32 Å². The highest BCUT2D eigenvalue weighted by atomic mass is 19.1. The topological polar surface area (TPSA) is 89.8 Å². The summed E-state index contributed by atoms with van der Waals surface area (Å²) in [6.07, 6.45) is 5.06. The van der Waals surface area contributed by atoms with E-state index in [2.05, 4.69) is 20.3 Å². The summed E-state index contributed by atoms with van der Waals surface area (Å²) in [5.41, 5.74) is 0.941. The fourth-order valence-electron chi connectivity index (χ4n) is 3.91. The van der Waals surface area contributed by atoms with Crippen molar-refractivity contribution in [3.05, 3.63) is 100 Å². The lowest BCUT2D eigenvalue weighted by Gasteiger charge is -2.22. The molecule has 4 aromatic rings. The number of halogens is 2. The number of carbonyl (C=O) groups is 1. The van der Waals surface area contributed by atoms with E-state index >= 15 is 0 Å². The van der Waals surface area contributed by atoms with Crippen LogP contribution in [0.5, 0.6) is 0 Å². The molecule has 0 bridgehead atoms. The van der Waals surface area contributed by atoms with Gasteiger partial charge in [-0.05, 0) is 49.4 Å². The normalized spacial score (nSPS) is 13.7. The number of hydrogen-bond acceptors (Lipinski definition) is 6. The maximum Gasteiger partial charge on any atom is 0.266 e. The predicted molar refractivity (Wildman–Crippen MR) is 119 cm³/mol. The molecule has 0 aliphatic heterocycles. The van der Waals surface area contributed by atoms with Gasteiger partial charge in [-0.3, -0.25) is 14.2 Å². The van der Waals surface area contributed by atoms with Gasteiger partial charge in [0, 0.05) is 6.42 Å². The molecule has 0 unspecified atom stereocenters. The lowest BCUT2D eigenvalue weighted by molar-refractivity contribution is 0.104. The molecule has 2 aromatic heterocycles. The summed E-state index contributed by atoms with van der Waals surface area (Å²) < 4.78 is 29.1. The molecule has 0 spiro atoms. The zero-order chi connectivity index (χ0) is 23.1. The van der Waals surface area contributed by atoms with Crippen LogP contribution in [0.4, 0.5) is 14.6 Å². The Morgan fingerprint density at radius 2 is 1.88 bits per heavy atom. The molecule has 1 aliphatic rings. The number of rotatable bonds is 4. The molecule has 7 nitrogen and oxygen atoms in total. The average molecular weight is 445 g/mol. The quantitative estimate of drug-likeness (QED) is 0.512. The highest BCUT2D eigenvalue weighted by molar-refractivity contribution is 6.09. The monoisotopic (exact) mass is 445 g/mol. The lowest BCUT2D eigenvalue weighted by atomic mass is 10.0. The van der Waals surface area contributed by atoms with Crippen LogP contribution in [0.2, 0.25) is 0 Å². The summed E-state index contributed by atoms with van der Waals surface area (Å²) in [5, 5.41) is 3.21. The first-order valence-electron chi connectivity index (χ1n) is 10.2. The maximum atomic E-state index is 14.0. The van der Waals surface area contributed by atoms with Crippen LogP contribution in [0.1, 0.15) is 34.8 Å². The van der Waals surface area contributed by atoms with Crippen LogP contribution in [0, 0.1) is 11.6 Å². The first-order valence-corrected chi connectivity index (χ1v) is 10.2. The third-order valence-corrected chi connectivity index (χ3v) is 5.42. The van der Waals surface area contributed by atoms with Crippen LogP contribution in [0.3, 0.4) is 0 Å². The molecule has 1 N–H and O–H groups in total. The largest absolute Gasteiger partial charge is 0.360 e. The Morgan fingerprint density at radius 3 is 2.70 bits per heavy atom. The van der Waals surface area contributed by atoms with Gasteiger partial charge in [-0.15, -0.1) is 0 Å². The average Bonchev–Trinajstić information content (AvgIpc) is 2.79. The smallest absolute Gasteiger partial charge is 0.266 e. The van der Waals surface area contributed by atoms with Crippen molar-refractivity contribution < 1.29 is 13.6 Å². The summed E-state index contributed by atoms with van der Waals surface area (Å²) in [7, 11) is 0. The van der Waals surface area contributed by atoms with E-state index in [1.807, 2.05) is 0 Å². The van der Waals surface area contributed by atoms with Crippen molar-refractivity contribution in [2.75, 3.05) is 5.32 Å². The van der Waals surface area contributed by atoms with Gasteiger partial charge in [0.1, 0.15) is 29.6 Å². The second-order valence-electron chi connectivity index (χ2n) is 7.63. The van der Waals surface area contributed by atoms with Gasteiger partial charge in [0.2, 0.25) is 0 Å². The van der Waals surface area contributed by atoms with Crippen LogP contribution < -0.4 is 10.9 Å². The van der Waals surface area contributed by atoms with Crippen LogP contribution in [-0.2, 0) is 6.42 Å². The third kappa shape index (κ3) is 3.67. The minimum Gasteiger partial charge on any atom is -0.360 e. The number of benzene rings is 2. The first kappa shape index (κ1) is 20.6. The lowest BCUT2D eigenvalue weighted by Crippen LogP contribution is -2.28. The number of fused-ring (bicyclic) bond motifs is 2. The fraction of sp³-hybridized carbons (Fsp3) is 0.125. The Morgan fingerprint density at radius 1 is 1.06 bits per heavy atom. The standard InChI is InChI=1S/C24H17F2N5O2/c1-13(29-22-21-19(27-12-28-22)6-3-7-20(21)32)23-30-18-9-8-15(26)11-17(18)24(33)31(23)16-5-2-4-14(25)10-16/h2-5,7-13H,6H2,1H3,(H,27,28,29)/t13-/m0/s1. The Kier molecular flexibility index (Phi) is 5.01. The van der Waals surface area contributed by atoms with Crippen molar-refractivity contribution in [3.63, 3.8) is 0 Å². The van der Waals surface area contributed by atoms with E-state index in [0.717, 1.165) is 6.07 Å². The second-order valence-corrected chi connectivity index (χ2v) is 7.63. The van der Waals surface area contributed by atoms with Gasteiger partial charge >= 0.3 is 0 Å². The molecule has 33 heavy (non-hydrogen) atoms. The van der Waals surface area contributed by atoms with E-state index in [4.69, 9.17) is 0 Å². The van der Waals surface area contributed by atoms with Crippen molar-refractivity contribution in [2.45, 2.75) is 19.4 Å². The van der Waals surface area contributed by atoms with Gasteiger partial charge in [-0.2, -0.15) is 0 Å². The highest BCUT2D eigenvalue weighted by Crippen LogP contribution is 2.26. The summed E-state index contributed by atoms with van der Waals surface area (Å²) in [5.74, 6) is -0.786. The first-order chi connectivity index (χ1) is 15.9. The Labute approximate surface area is 186 Å². The van der Waals surface area contributed by atoms with Crippen LogP contribution in [-0.4, -0.2) is 25.3 Å². The number of hydrogen-bond donors (Lipinski definition) is 1. The Balaban J connectivity index is 1.68. The van der Waals surface area contributed by atoms with Gasteiger partial charge in [-0.25, -0.2) is 23.7 Å². The Hall–Kier alpha value is -4.27. The number of ketones is 1. The molecule has 1 aliphatic carbocycles. The fourth-order valence-corrected chi connectivity index (χ4v) is 3.91. The van der Waals surface area contributed by atoms with Gasteiger partial charge in [0.15, 0.2) is 5.78 Å². The van der Waals surface area contributed by atoms with E-state index < -0.39 is 23.2 Å². The zero-order valence-corrected chi connectivity index (χ0v) is 17.4. The predicted octanol–water partition coefficient (Wildman–Crippen LogP) is 3.92. The summed E-state index contributed by atoms with van der Waals surface area (Å²) >= 11 is 0. The maximum absolute atomic E-state index is 14.0. The van der Waals surface area contributed by atoms with Crippen molar-refractivity contribution in [1.82, 2.24) is 19.5 Å². The summed E-state index contributed by atoms with van der Waals surface area (Å²) in [6.45, 7) is 1.74. The number of aromatic nitrogens is 4. The van der Waals surface area contributed by atoms with E-state index in [-0.39, 0.29) is 22.7 Å². The number of allylic oxidation sites excluding steroid dienone is 2. The van der Waals surface area contributed by atoms with Crippen molar-refractivity contribution in [3.8, 4) is 5.69 Å². The molecular formula is C24H17F2N5O2. The molecule has 9 heteroatoms. The van der Waals surface area contributed by atoms with E-state index in [1.54, 1.807) is 19.1 Å². The molecule has 0 amide bonds. The van der Waals surface area contributed by atoms with Gasteiger partial charge in [0.05, 0.1) is 33.9 Å². The molecule has 0 fully saturated rings. The molecule has 2 aromatic carbocycles. The zero-order valence-electron chi connectivity index (χ0n) is 17.4. The molecule has 2 heterocycles. The van der Waals surface area contributed by atoms with Crippen LogP contribution >= 0.6 is 0 Å². The second kappa shape index (κ2) is 8.01. The van der Waals surface area contributed by atoms with Gasteiger partial charge in [0.25, 0.3) is 5.56 Å². The van der Waals surface area contributed by atoms with Crippen LogP contribution in [0.25, 0.3) is 16.6 Å². The van der Waals surface area contributed by atoms with Gasteiger partial charge in [-0.1, -0.05) is 12.1 Å². The molecule has 0 saturated heterocycles. The van der Waals surface area contributed by atoms with E-state index in [9.17, 15) is 18.4 Å². The Bertz CT molecular complexity index is 1510. The van der Waals surface area contributed by atoms with E-state index in [0.29, 0.717) is 29.0 Å². The third-order valence-electron chi connectivity index (χ3n) is 5.42. The van der Waals surface area contributed by atoms with Crippen molar-refractivity contribution in [2.24, 2.45) is 0 Å². The van der Waals surface area contributed by atoms with Crippen molar-refractivity contribution >= 4 is 22.5 Å². The molecule has 0 radical (unpaired) electrons. The number of nitrogens with one attached hydrogen (secondary N) is 1. The summed E-state index contributed by atoms with van der Waals surface area (Å²) in [6, 6.07) is 8.60. The number of carbonyl (C=O) groups excluding carboxylic acids is 1. The molecule has 164 valence electrons. The van der Waals surface area contributed by atoms with E-state index in [1.165, 1.54) is 47.3 Å². The summed E-state index contributed by atoms with van der Waals surface area (Å²) in [4.78, 5) is 38.8. The number of nitrogens with zero attached hydrogens (tertiary/aromatic N) is 4. The highest BCUT2D eigenvalue weighted by Gasteiger charge is 2.24. The minimum absolute atomic E-state index is 0.0648.